The van der Waals surface area contributed by atoms with Crippen LogP contribution >= 0.6 is 23.4 Å². The first-order chi connectivity index (χ1) is 6.24. The highest BCUT2D eigenvalue weighted by atomic mass is 35.5. The fraction of sp³-hybridized carbons (Fsp3) is 0.444. The van der Waals surface area contributed by atoms with Gasteiger partial charge in [-0.05, 0) is 24.3 Å². The lowest BCUT2D eigenvalue weighted by atomic mass is 10.4. The normalized spacial score (nSPS) is 10.3. The minimum absolute atomic E-state index is 0.538. The van der Waals surface area contributed by atoms with E-state index in [1.807, 2.05) is 11.8 Å². The van der Waals surface area contributed by atoms with Gasteiger partial charge in [-0.3, -0.25) is 0 Å². The van der Waals surface area contributed by atoms with Crippen LogP contribution in [-0.4, -0.2) is 10.7 Å². The van der Waals surface area contributed by atoms with Gasteiger partial charge in [0.25, 0.3) is 0 Å². The van der Waals surface area contributed by atoms with Gasteiger partial charge in [0, 0.05) is 5.75 Å². The van der Waals surface area contributed by atoms with Crippen LogP contribution in [0.15, 0.2) is 12.1 Å². The van der Waals surface area contributed by atoms with Gasteiger partial charge >= 0.3 is 0 Å². The van der Waals surface area contributed by atoms with Crippen molar-refractivity contribution in [1.82, 2.24) is 4.98 Å². The van der Waals surface area contributed by atoms with Crippen molar-refractivity contribution in [2.45, 2.75) is 19.1 Å². The van der Waals surface area contributed by atoms with E-state index in [0.717, 1.165) is 17.2 Å². The molecule has 0 aliphatic rings. The summed E-state index contributed by atoms with van der Waals surface area (Å²) >= 11 is 7.77. The molecule has 0 bridgehead atoms. The number of halogens is 1. The van der Waals surface area contributed by atoms with Crippen LogP contribution in [0, 0.1) is 0 Å². The summed E-state index contributed by atoms with van der Waals surface area (Å²) in [5, 5.41) is 0.706. The molecule has 1 heterocycles. The van der Waals surface area contributed by atoms with Crippen LogP contribution < -0.4 is 5.73 Å². The second-order valence-corrected chi connectivity index (χ2v) is 4.23. The molecule has 2 N–H and O–H groups in total. The van der Waals surface area contributed by atoms with E-state index < -0.39 is 0 Å². The summed E-state index contributed by atoms with van der Waals surface area (Å²) in [6.07, 6.45) is 1.17. The van der Waals surface area contributed by atoms with Gasteiger partial charge in [-0.25, -0.2) is 4.98 Å². The highest BCUT2D eigenvalue weighted by molar-refractivity contribution is 7.98. The van der Waals surface area contributed by atoms with Crippen LogP contribution in [-0.2, 0) is 5.75 Å². The Labute approximate surface area is 87.9 Å². The van der Waals surface area contributed by atoms with Crippen molar-refractivity contribution < 1.29 is 0 Å². The molecular weight excluding hydrogens is 204 g/mol. The van der Waals surface area contributed by atoms with E-state index in [9.17, 15) is 0 Å². The number of hydrogen-bond acceptors (Lipinski definition) is 3. The molecule has 13 heavy (non-hydrogen) atoms. The molecule has 1 aromatic heterocycles. The molecule has 0 aliphatic carbocycles. The molecule has 0 aliphatic heterocycles. The molecule has 0 atom stereocenters. The number of pyridine rings is 1. The number of anilines is 1. The van der Waals surface area contributed by atoms with Crippen LogP contribution in [0.25, 0.3) is 0 Å². The number of nitrogens with two attached hydrogens (primary N) is 1. The third kappa shape index (κ3) is 3.44. The Kier molecular flexibility index (Phi) is 4.39. The molecule has 0 amide bonds. The van der Waals surface area contributed by atoms with E-state index in [1.165, 1.54) is 6.42 Å². The van der Waals surface area contributed by atoms with Crippen LogP contribution in [0.3, 0.4) is 0 Å². The molecule has 0 aromatic carbocycles. The number of aromatic nitrogens is 1. The summed E-state index contributed by atoms with van der Waals surface area (Å²) in [5.74, 6) is 2.52. The van der Waals surface area contributed by atoms with Crippen LogP contribution in [0.5, 0.6) is 0 Å². The molecule has 0 spiro atoms. The Morgan fingerprint density at radius 1 is 1.54 bits per heavy atom. The van der Waals surface area contributed by atoms with Crippen molar-refractivity contribution in [1.29, 1.82) is 0 Å². The number of thioether (sulfide) groups is 1. The van der Waals surface area contributed by atoms with Crippen molar-refractivity contribution >= 4 is 29.2 Å². The van der Waals surface area contributed by atoms with Gasteiger partial charge in [0.05, 0.1) is 10.7 Å². The fourth-order valence-corrected chi connectivity index (χ4v) is 2.01. The molecule has 0 saturated heterocycles. The van der Waals surface area contributed by atoms with E-state index in [4.69, 9.17) is 17.3 Å². The van der Waals surface area contributed by atoms with Gasteiger partial charge in [0.15, 0.2) is 0 Å². The third-order valence-corrected chi connectivity index (χ3v) is 3.05. The van der Waals surface area contributed by atoms with Gasteiger partial charge < -0.3 is 5.73 Å². The first kappa shape index (κ1) is 10.7. The molecule has 0 unspecified atom stereocenters. The summed E-state index contributed by atoms with van der Waals surface area (Å²) in [6.45, 7) is 2.15. The van der Waals surface area contributed by atoms with E-state index >= 15 is 0 Å². The van der Waals surface area contributed by atoms with E-state index in [2.05, 4.69) is 11.9 Å². The Hall–Kier alpha value is -0.410. The number of nitrogen functional groups attached to an aromatic ring is 1. The maximum Gasteiger partial charge on any atom is 0.123 e. The molecule has 1 aromatic rings. The van der Waals surface area contributed by atoms with Gasteiger partial charge in [0.2, 0.25) is 0 Å². The highest BCUT2D eigenvalue weighted by Gasteiger charge is 2.01. The summed E-state index contributed by atoms with van der Waals surface area (Å²) in [7, 11) is 0. The zero-order chi connectivity index (χ0) is 9.68. The zero-order valence-corrected chi connectivity index (χ0v) is 9.16. The second kappa shape index (κ2) is 5.35. The number of rotatable bonds is 4. The standard InChI is InChI=1S/C9H13ClN2S/c1-2-5-13-6-8-7(10)3-4-9(11)12-8/h3-4H,2,5-6H2,1H3,(H2,11,12). The summed E-state index contributed by atoms with van der Waals surface area (Å²) < 4.78 is 0. The van der Waals surface area contributed by atoms with Crippen molar-refractivity contribution in [3.8, 4) is 0 Å². The fourth-order valence-electron chi connectivity index (χ4n) is 0.916. The van der Waals surface area contributed by atoms with Crippen LogP contribution in [0.4, 0.5) is 5.82 Å². The molecule has 0 fully saturated rings. The topological polar surface area (TPSA) is 38.9 Å². The Morgan fingerprint density at radius 2 is 2.31 bits per heavy atom. The van der Waals surface area contributed by atoms with Crippen molar-refractivity contribution in [2.75, 3.05) is 11.5 Å². The first-order valence-electron chi connectivity index (χ1n) is 4.22. The molecule has 1 rings (SSSR count). The lowest BCUT2D eigenvalue weighted by Gasteiger charge is -2.03. The Morgan fingerprint density at radius 3 is 3.00 bits per heavy atom. The first-order valence-corrected chi connectivity index (χ1v) is 5.76. The smallest absolute Gasteiger partial charge is 0.123 e. The molecule has 4 heteroatoms. The molecule has 0 saturated carbocycles. The van der Waals surface area contributed by atoms with E-state index in [1.54, 1.807) is 12.1 Å². The monoisotopic (exact) mass is 216 g/mol. The summed E-state index contributed by atoms with van der Waals surface area (Å²) in [4.78, 5) is 4.17. The van der Waals surface area contributed by atoms with Crippen LogP contribution in [0.2, 0.25) is 5.02 Å². The number of hydrogen-bond donors (Lipinski definition) is 1. The average molecular weight is 217 g/mol. The van der Waals surface area contributed by atoms with Crippen molar-refractivity contribution in [3.05, 3.63) is 22.8 Å². The average Bonchev–Trinajstić information content (AvgIpc) is 2.11. The molecule has 0 radical (unpaired) electrons. The SMILES string of the molecule is CCCSCc1nc(N)ccc1Cl. The van der Waals surface area contributed by atoms with Crippen LogP contribution in [0.1, 0.15) is 19.0 Å². The van der Waals surface area contributed by atoms with Crippen molar-refractivity contribution in [3.63, 3.8) is 0 Å². The summed E-state index contributed by atoms with van der Waals surface area (Å²) in [5.41, 5.74) is 6.44. The largest absolute Gasteiger partial charge is 0.384 e. The second-order valence-electron chi connectivity index (χ2n) is 2.72. The van der Waals surface area contributed by atoms with Crippen molar-refractivity contribution in [2.24, 2.45) is 0 Å². The highest BCUT2D eigenvalue weighted by Crippen LogP contribution is 2.20. The third-order valence-electron chi connectivity index (χ3n) is 1.53. The maximum absolute atomic E-state index is 5.94. The molecule has 72 valence electrons. The lowest BCUT2D eigenvalue weighted by Crippen LogP contribution is -1.95. The minimum atomic E-state index is 0.538. The molecular formula is C9H13ClN2S. The van der Waals surface area contributed by atoms with E-state index in [0.29, 0.717) is 10.8 Å². The summed E-state index contributed by atoms with van der Waals surface area (Å²) in [6, 6.07) is 3.52. The zero-order valence-electron chi connectivity index (χ0n) is 7.59. The van der Waals surface area contributed by atoms with Gasteiger partial charge in [-0.2, -0.15) is 11.8 Å². The molecule has 2 nitrogen and oxygen atoms in total. The van der Waals surface area contributed by atoms with Gasteiger partial charge in [0.1, 0.15) is 5.82 Å². The Balaban J connectivity index is 2.59. The van der Waals surface area contributed by atoms with Gasteiger partial charge in [-0.1, -0.05) is 18.5 Å². The minimum Gasteiger partial charge on any atom is -0.384 e. The predicted octanol–water partition coefficient (Wildman–Crippen LogP) is 2.96. The predicted molar refractivity (Wildman–Crippen MR) is 60.1 cm³/mol. The lowest BCUT2D eigenvalue weighted by molar-refractivity contribution is 1.10. The van der Waals surface area contributed by atoms with Gasteiger partial charge in [-0.15, -0.1) is 0 Å². The maximum atomic E-state index is 5.94. The quantitative estimate of drug-likeness (QED) is 0.787. The Bertz CT molecular complexity index is 278. The number of nitrogens with zero attached hydrogens (tertiary/aromatic N) is 1. The van der Waals surface area contributed by atoms with E-state index in [-0.39, 0.29) is 0 Å².